The molecule has 4 rings (SSSR count). The molecular formula is C30H32N2O5. The van der Waals surface area contributed by atoms with Crippen molar-refractivity contribution in [2.45, 2.75) is 46.1 Å². The lowest BCUT2D eigenvalue weighted by Crippen LogP contribution is -2.37. The van der Waals surface area contributed by atoms with E-state index in [2.05, 4.69) is 10.3 Å². The van der Waals surface area contributed by atoms with E-state index in [0.717, 1.165) is 40.3 Å². The fraction of sp³-hybridized carbons (Fsp3) is 0.267. The van der Waals surface area contributed by atoms with Crippen LogP contribution in [0.15, 0.2) is 89.3 Å². The van der Waals surface area contributed by atoms with Crippen LogP contribution in [0, 0.1) is 6.92 Å². The fourth-order valence-corrected chi connectivity index (χ4v) is 3.76. The molecule has 37 heavy (non-hydrogen) atoms. The fourth-order valence-electron chi connectivity index (χ4n) is 3.76. The minimum Gasteiger partial charge on any atom is -0.487 e. The first-order chi connectivity index (χ1) is 18.1. The Labute approximate surface area is 217 Å². The van der Waals surface area contributed by atoms with Gasteiger partial charge in [-0.2, -0.15) is 0 Å². The Kier molecular flexibility index (Phi) is 9.32. The number of amides is 1. The molecule has 0 aliphatic rings. The monoisotopic (exact) mass is 500 g/mol. The maximum Gasteiger partial charge on any atom is 0.409 e. The molecule has 1 heterocycles. The Morgan fingerprint density at radius 1 is 0.919 bits per heavy atom. The molecule has 3 aromatic carbocycles. The van der Waals surface area contributed by atoms with Crippen LogP contribution in [0.4, 0.5) is 4.79 Å². The number of rotatable bonds is 12. The van der Waals surface area contributed by atoms with Crippen molar-refractivity contribution in [2.75, 3.05) is 6.61 Å². The van der Waals surface area contributed by atoms with Crippen LogP contribution >= 0.6 is 0 Å². The van der Waals surface area contributed by atoms with Gasteiger partial charge in [0.25, 0.3) is 0 Å². The summed E-state index contributed by atoms with van der Waals surface area (Å²) < 4.78 is 22.7. The summed E-state index contributed by atoms with van der Waals surface area (Å²) in [7, 11) is 0. The Hall–Kier alpha value is -4.10. The van der Waals surface area contributed by atoms with Gasteiger partial charge in [-0.15, -0.1) is 0 Å². The van der Waals surface area contributed by atoms with Crippen molar-refractivity contribution in [1.82, 2.24) is 10.3 Å². The van der Waals surface area contributed by atoms with Crippen LogP contribution in [0.5, 0.6) is 5.75 Å². The molecule has 1 N–H and O–H groups in total. The van der Waals surface area contributed by atoms with E-state index in [1.165, 1.54) is 0 Å². The van der Waals surface area contributed by atoms with Gasteiger partial charge in [-0.25, -0.2) is 9.78 Å². The molecule has 0 saturated heterocycles. The SMILES string of the molecule is CCOC(CCc1ccc(OCc2nc(-c3ccccc3)oc2C)cc1)NC(=O)OCc1ccccc1. The van der Waals surface area contributed by atoms with Crippen LogP contribution in [0.1, 0.15) is 35.9 Å². The van der Waals surface area contributed by atoms with Gasteiger partial charge in [-0.1, -0.05) is 60.7 Å². The number of ether oxygens (including phenoxy) is 3. The van der Waals surface area contributed by atoms with Crippen molar-refractivity contribution in [3.8, 4) is 17.2 Å². The average Bonchev–Trinajstić information content (AvgIpc) is 3.31. The first-order valence-corrected chi connectivity index (χ1v) is 12.4. The molecule has 4 aromatic rings. The molecule has 0 saturated carbocycles. The molecule has 0 fully saturated rings. The Morgan fingerprint density at radius 3 is 2.32 bits per heavy atom. The van der Waals surface area contributed by atoms with Crippen molar-refractivity contribution in [3.63, 3.8) is 0 Å². The van der Waals surface area contributed by atoms with Gasteiger partial charge in [-0.3, -0.25) is 5.32 Å². The summed E-state index contributed by atoms with van der Waals surface area (Å²) in [6.07, 6.45) is 0.421. The molecule has 0 bridgehead atoms. The van der Waals surface area contributed by atoms with E-state index in [4.69, 9.17) is 18.6 Å². The van der Waals surface area contributed by atoms with E-state index < -0.39 is 12.3 Å². The predicted molar refractivity (Wildman–Crippen MR) is 141 cm³/mol. The molecule has 7 heteroatoms. The first-order valence-electron chi connectivity index (χ1n) is 12.4. The lowest BCUT2D eigenvalue weighted by atomic mass is 10.1. The number of alkyl carbamates (subject to hydrolysis) is 1. The number of oxazole rings is 1. The highest BCUT2D eigenvalue weighted by molar-refractivity contribution is 5.67. The third kappa shape index (κ3) is 7.95. The summed E-state index contributed by atoms with van der Waals surface area (Å²) in [5.41, 5.74) is 3.75. The number of carbonyl (C=O) groups excluding carboxylic acids is 1. The Balaban J connectivity index is 1.24. The summed E-state index contributed by atoms with van der Waals surface area (Å²) in [5.74, 6) is 2.08. The molecule has 1 amide bonds. The largest absolute Gasteiger partial charge is 0.487 e. The zero-order valence-corrected chi connectivity index (χ0v) is 21.2. The highest BCUT2D eigenvalue weighted by atomic mass is 16.6. The van der Waals surface area contributed by atoms with Crippen LogP contribution < -0.4 is 10.1 Å². The normalized spacial score (nSPS) is 11.6. The third-order valence-corrected chi connectivity index (χ3v) is 5.77. The topological polar surface area (TPSA) is 82.8 Å². The summed E-state index contributed by atoms with van der Waals surface area (Å²) >= 11 is 0. The minimum atomic E-state index is -0.496. The molecule has 1 aromatic heterocycles. The van der Waals surface area contributed by atoms with Crippen molar-refractivity contribution in [3.05, 3.63) is 108 Å². The van der Waals surface area contributed by atoms with Gasteiger partial charge in [0.15, 0.2) is 0 Å². The number of carbonyl (C=O) groups is 1. The number of nitrogens with one attached hydrogen (secondary N) is 1. The zero-order valence-electron chi connectivity index (χ0n) is 21.2. The standard InChI is InChI=1S/C30H32N2O5/c1-3-34-28(32-30(33)36-20-24-10-6-4-7-11-24)19-16-23-14-17-26(18-15-23)35-21-27-22(2)37-29(31-27)25-12-8-5-9-13-25/h4-15,17-18,28H,3,16,19-21H2,1-2H3,(H,32,33). The van der Waals surface area contributed by atoms with Gasteiger partial charge < -0.3 is 18.6 Å². The molecule has 0 aliphatic heterocycles. The van der Waals surface area contributed by atoms with E-state index in [1.807, 2.05) is 98.8 Å². The summed E-state index contributed by atoms with van der Waals surface area (Å²) in [6, 6.07) is 27.3. The smallest absolute Gasteiger partial charge is 0.409 e. The van der Waals surface area contributed by atoms with Crippen LogP contribution in [0.25, 0.3) is 11.5 Å². The van der Waals surface area contributed by atoms with E-state index in [-0.39, 0.29) is 6.61 Å². The van der Waals surface area contributed by atoms with E-state index in [9.17, 15) is 4.79 Å². The Morgan fingerprint density at radius 2 is 1.62 bits per heavy atom. The van der Waals surface area contributed by atoms with E-state index in [0.29, 0.717) is 25.5 Å². The Bertz CT molecular complexity index is 1240. The van der Waals surface area contributed by atoms with Gasteiger partial charge >= 0.3 is 6.09 Å². The second-order valence-corrected chi connectivity index (χ2v) is 8.51. The zero-order chi connectivity index (χ0) is 25.9. The van der Waals surface area contributed by atoms with E-state index in [1.54, 1.807) is 0 Å². The van der Waals surface area contributed by atoms with Crippen LogP contribution in [0.2, 0.25) is 0 Å². The molecule has 0 aliphatic carbocycles. The molecular weight excluding hydrogens is 468 g/mol. The van der Waals surface area contributed by atoms with Crippen molar-refractivity contribution >= 4 is 6.09 Å². The van der Waals surface area contributed by atoms with Gasteiger partial charge in [0.05, 0.1) is 0 Å². The number of aryl methyl sites for hydroxylation is 2. The van der Waals surface area contributed by atoms with Gasteiger partial charge in [0, 0.05) is 12.2 Å². The lowest BCUT2D eigenvalue weighted by molar-refractivity contribution is 0.0273. The van der Waals surface area contributed by atoms with Crippen molar-refractivity contribution < 1.29 is 23.4 Å². The third-order valence-electron chi connectivity index (χ3n) is 5.77. The van der Waals surface area contributed by atoms with Gasteiger partial charge in [-0.05, 0) is 62.1 Å². The van der Waals surface area contributed by atoms with Crippen LogP contribution in [-0.2, 0) is 29.1 Å². The summed E-state index contributed by atoms with van der Waals surface area (Å²) in [4.78, 5) is 16.8. The molecule has 0 radical (unpaired) electrons. The number of hydrogen-bond donors (Lipinski definition) is 1. The van der Waals surface area contributed by atoms with Crippen molar-refractivity contribution in [2.24, 2.45) is 0 Å². The first kappa shape index (κ1) is 26.0. The number of hydrogen-bond acceptors (Lipinski definition) is 6. The highest BCUT2D eigenvalue weighted by Gasteiger charge is 2.14. The second kappa shape index (κ2) is 13.3. The highest BCUT2D eigenvalue weighted by Crippen LogP contribution is 2.23. The predicted octanol–water partition coefficient (Wildman–Crippen LogP) is 6.45. The second-order valence-electron chi connectivity index (χ2n) is 8.51. The number of nitrogens with zero attached hydrogens (tertiary/aromatic N) is 1. The molecule has 192 valence electrons. The molecule has 1 atom stereocenters. The number of aromatic nitrogens is 1. The summed E-state index contributed by atoms with van der Waals surface area (Å²) in [5, 5.41) is 2.80. The molecule has 7 nitrogen and oxygen atoms in total. The van der Waals surface area contributed by atoms with Crippen LogP contribution in [0.3, 0.4) is 0 Å². The summed E-state index contributed by atoms with van der Waals surface area (Å²) in [6.45, 7) is 4.82. The van der Waals surface area contributed by atoms with E-state index >= 15 is 0 Å². The minimum absolute atomic E-state index is 0.217. The maximum atomic E-state index is 12.2. The maximum absolute atomic E-state index is 12.2. The lowest BCUT2D eigenvalue weighted by Gasteiger charge is -2.18. The van der Waals surface area contributed by atoms with Gasteiger partial charge in [0.1, 0.15) is 36.6 Å². The van der Waals surface area contributed by atoms with Crippen LogP contribution in [-0.4, -0.2) is 23.9 Å². The molecule has 1 unspecified atom stereocenters. The van der Waals surface area contributed by atoms with Gasteiger partial charge in [0.2, 0.25) is 5.89 Å². The number of benzene rings is 3. The van der Waals surface area contributed by atoms with Crippen molar-refractivity contribution in [1.29, 1.82) is 0 Å². The quantitative estimate of drug-likeness (QED) is 0.225. The average molecular weight is 501 g/mol. The molecule has 0 spiro atoms.